The molecule has 0 bridgehead atoms. The second-order valence-electron chi connectivity index (χ2n) is 2.65. The van der Waals surface area contributed by atoms with Crippen molar-refractivity contribution in [3.05, 3.63) is 29.8 Å². The first-order valence-corrected chi connectivity index (χ1v) is 4.11. The number of benzene rings is 1. The van der Waals surface area contributed by atoms with Crippen LogP contribution in [0.3, 0.4) is 0 Å². The van der Waals surface area contributed by atoms with Gasteiger partial charge in [0.2, 0.25) is 0 Å². The number of alkyl halides is 1. The predicted octanol–water partition coefficient (Wildman–Crippen LogP) is 2.63. The first kappa shape index (κ1) is 8.41. The van der Waals surface area contributed by atoms with Gasteiger partial charge in [-0.3, -0.25) is 0 Å². The quantitative estimate of drug-likeness (QED) is 0.486. The summed E-state index contributed by atoms with van der Waals surface area (Å²) in [6, 6.07) is 8.83. The van der Waals surface area contributed by atoms with Crippen molar-refractivity contribution in [2.75, 3.05) is 18.0 Å². The third-order valence-electron chi connectivity index (χ3n) is 1.65. The third kappa shape index (κ3) is 2.12. The highest BCUT2D eigenvalue weighted by Gasteiger charge is 1.95. The number of nitrogens with zero attached hydrogens (tertiary/aromatic N) is 1. The molecule has 0 aliphatic heterocycles. The lowest BCUT2D eigenvalue weighted by molar-refractivity contribution is 1.09. The minimum Gasteiger partial charge on any atom is -0.361 e. The summed E-state index contributed by atoms with van der Waals surface area (Å²) >= 11 is 5.65. The molecule has 0 heterocycles. The smallest absolute Gasteiger partial charge is 0.0925 e. The molecular formula is C9H12ClN. The van der Waals surface area contributed by atoms with Crippen molar-refractivity contribution >= 4 is 17.3 Å². The van der Waals surface area contributed by atoms with E-state index in [0.717, 1.165) is 5.69 Å². The maximum Gasteiger partial charge on any atom is 0.0925 e. The van der Waals surface area contributed by atoms with Crippen LogP contribution in [0.25, 0.3) is 0 Å². The van der Waals surface area contributed by atoms with E-state index in [9.17, 15) is 0 Å². The summed E-state index contributed by atoms with van der Waals surface area (Å²) in [4.78, 5) is 1.99. The fourth-order valence-corrected chi connectivity index (χ4v) is 1.01. The van der Waals surface area contributed by atoms with Crippen molar-refractivity contribution in [2.45, 2.75) is 6.92 Å². The molecule has 1 aromatic rings. The van der Waals surface area contributed by atoms with Crippen LogP contribution < -0.4 is 4.90 Å². The Hall–Kier alpha value is -0.690. The molecule has 60 valence electrons. The molecule has 0 spiro atoms. The average Bonchev–Trinajstić information content (AvgIpc) is 2.05. The molecule has 0 atom stereocenters. The van der Waals surface area contributed by atoms with Gasteiger partial charge in [-0.05, 0) is 19.1 Å². The van der Waals surface area contributed by atoms with Crippen molar-refractivity contribution in [1.82, 2.24) is 0 Å². The predicted molar refractivity (Wildman–Crippen MR) is 50.3 cm³/mol. The van der Waals surface area contributed by atoms with E-state index < -0.39 is 0 Å². The van der Waals surface area contributed by atoms with E-state index >= 15 is 0 Å². The van der Waals surface area contributed by atoms with Crippen LogP contribution in [-0.4, -0.2) is 13.1 Å². The molecule has 1 rings (SSSR count). The number of anilines is 1. The molecule has 0 saturated heterocycles. The molecule has 0 aliphatic rings. The Morgan fingerprint density at radius 2 is 1.82 bits per heavy atom. The van der Waals surface area contributed by atoms with Crippen LogP contribution in [0.2, 0.25) is 0 Å². The van der Waals surface area contributed by atoms with Crippen molar-refractivity contribution in [1.29, 1.82) is 0 Å². The molecule has 0 radical (unpaired) electrons. The highest BCUT2D eigenvalue weighted by atomic mass is 35.5. The summed E-state index contributed by atoms with van der Waals surface area (Å²) in [6.07, 6.45) is 0. The lowest BCUT2D eigenvalue weighted by Gasteiger charge is -2.14. The molecule has 1 nitrogen and oxygen atoms in total. The molecule has 1 aromatic carbocycles. The maximum atomic E-state index is 5.65. The second kappa shape index (κ2) is 3.63. The zero-order chi connectivity index (χ0) is 8.27. The van der Waals surface area contributed by atoms with E-state index in [-0.39, 0.29) is 0 Å². The Kier molecular flexibility index (Phi) is 2.77. The normalized spacial score (nSPS) is 9.73. The molecule has 0 N–H and O–H groups in total. The summed E-state index contributed by atoms with van der Waals surface area (Å²) in [6.45, 7) is 2.07. The van der Waals surface area contributed by atoms with Crippen LogP contribution in [-0.2, 0) is 0 Å². The van der Waals surface area contributed by atoms with E-state index in [4.69, 9.17) is 11.6 Å². The monoisotopic (exact) mass is 169 g/mol. The summed E-state index contributed by atoms with van der Waals surface area (Å²) < 4.78 is 0. The maximum absolute atomic E-state index is 5.65. The molecule has 0 aromatic heterocycles. The minimum atomic E-state index is 0.531. The Balaban J connectivity index is 2.81. The second-order valence-corrected chi connectivity index (χ2v) is 2.89. The number of rotatable bonds is 2. The van der Waals surface area contributed by atoms with Gasteiger partial charge in [0.1, 0.15) is 0 Å². The Morgan fingerprint density at radius 1 is 1.27 bits per heavy atom. The molecule has 0 saturated carbocycles. The van der Waals surface area contributed by atoms with E-state index in [1.54, 1.807) is 0 Å². The lowest BCUT2D eigenvalue weighted by Crippen LogP contribution is -2.13. The highest BCUT2D eigenvalue weighted by molar-refractivity contribution is 6.18. The van der Waals surface area contributed by atoms with Gasteiger partial charge in [0.05, 0.1) is 6.00 Å². The van der Waals surface area contributed by atoms with Gasteiger partial charge in [-0.25, -0.2) is 0 Å². The molecular weight excluding hydrogens is 158 g/mol. The van der Waals surface area contributed by atoms with Gasteiger partial charge in [-0.1, -0.05) is 17.7 Å². The van der Waals surface area contributed by atoms with Crippen LogP contribution in [0, 0.1) is 6.92 Å². The summed E-state index contributed by atoms with van der Waals surface area (Å²) in [5.41, 5.74) is 2.43. The van der Waals surface area contributed by atoms with E-state index in [1.807, 2.05) is 11.9 Å². The van der Waals surface area contributed by atoms with Crippen molar-refractivity contribution in [3.63, 3.8) is 0 Å². The molecule has 0 unspecified atom stereocenters. The summed E-state index contributed by atoms with van der Waals surface area (Å²) in [5, 5.41) is 0. The summed E-state index contributed by atoms with van der Waals surface area (Å²) in [7, 11) is 1.97. The first-order valence-electron chi connectivity index (χ1n) is 3.58. The van der Waals surface area contributed by atoms with Crippen LogP contribution in [0.4, 0.5) is 5.69 Å². The standard InChI is InChI=1S/C9H12ClN/c1-8-3-5-9(6-4-8)11(2)7-10/h3-6H,7H2,1-2H3. The van der Waals surface area contributed by atoms with E-state index in [1.165, 1.54) is 5.56 Å². The number of aryl methyl sites for hydroxylation is 1. The van der Waals surface area contributed by atoms with Crippen molar-refractivity contribution < 1.29 is 0 Å². The molecule has 0 amide bonds. The summed E-state index contributed by atoms with van der Waals surface area (Å²) in [5.74, 6) is 0. The van der Waals surface area contributed by atoms with Gasteiger partial charge in [-0.15, -0.1) is 11.6 Å². The fourth-order valence-electron chi connectivity index (χ4n) is 0.868. The zero-order valence-corrected chi connectivity index (χ0v) is 7.60. The van der Waals surface area contributed by atoms with E-state index in [2.05, 4.69) is 31.2 Å². The average molecular weight is 170 g/mol. The molecule has 2 heteroatoms. The molecule has 0 aliphatic carbocycles. The van der Waals surface area contributed by atoms with Gasteiger partial charge >= 0.3 is 0 Å². The van der Waals surface area contributed by atoms with Gasteiger partial charge in [0, 0.05) is 12.7 Å². The van der Waals surface area contributed by atoms with Gasteiger partial charge < -0.3 is 4.90 Å². The molecule has 11 heavy (non-hydrogen) atoms. The number of hydrogen-bond donors (Lipinski definition) is 0. The van der Waals surface area contributed by atoms with Crippen LogP contribution in [0.15, 0.2) is 24.3 Å². The van der Waals surface area contributed by atoms with Crippen LogP contribution >= 0.6 is 11.6 Å². The lowest BCUT2D eigenvalue weighted by atomic mass is 10.2. The number of hydrogen-bond acceptors (Lipinski definition) is 1. The Labute approximate surface area is 72.6 Å². The zero-order valence-electron chi connectivity index (χ0n) is 6.84. The Bertz CT molecular complexity index is 218. The SMILES string of the molecule is Cc1ccc(N(C)CCl)cc1. The van der Waals surface area contributed by atoms with Crippen LogP contribution in [0.1, 0.15) is 5.56 Å². The Morgan fingerprint density at radius 3 is 2.27 bits per heavy atom. The molecule has 0 fully saturated rings. The van der Waals surface area contributed by atoms with Crippen LogP contribution in [0.5, 0.6) is 0 Å². The first-order chi connectivity index (χ1) is 5.24. The van der Waals surface area contributed by atoms with Gasteiger partial charge in [-0.2, -0.15) is 0 Å². The van der Waals surface area contributed by atoms with Crippen molar-refractivity contribution in [3.8, 4) is 0 Å². The fraction of sp³-hybridized carbons (Fsp3) is 0.333. The topological polar surface area (TPSA) is 3.24 Å². The third-order valence-corrected chi connectivity index (χ3v) is 2.01. The minimum absolute atomic E-state index is 0.531. The van der Waals surface area contributed by atoms with E-state index in [0.29, 0.717) is 6.00 Å². The van der Waals surface area contributed by atoms with Gasteiger partial charge in [0.15, 0.2) is 0 Å². The number of halogens is 1. The largest absolute Gasteiger partial charge is 0.361 e. The highest BCUT2D eigenvalue weighted by Crippen LogP contribution is 2.13. The van der Waals surface area contributed by atoms with Gasteiger partial charge in [0.25, 0.3) is 0 Å². The van der Waals surface area contributed by atoms with Crippen molar-refractivity contribution in [2.24, 2.45) is 0 Å².